The molecule has 0 radical (unpaired) electrons. The van der Waals surface area contributed by atoms with Crippen LogP contribution in [0.15, 0.2) is 29.8 Å². The molecule has 0 aliphatic rings. The van der Waals surface area contributed by atoms with Crippen molar-refractivity contribution >= 4 is 18.0 Å². The molecule has 0 spiro atoms. The molecule has 0 heterocycles. The molecule has 4 nitrogen and oxygen atoms in total. The van der Waals surface area contributed by atoms with Gasteiger partial charge < -0.3 is 10.4 Å². The maximum absolute atomic E-state index is 12.7. The van der Waals surface area contributed by atoms with Gasteiger partial charge in [-0.3, -0.25) is 9.59 Å². The molecular formula is C13H14FNO3. The minimum Gasteiger partial charge on any atom is -0.480 e. The Morgan fingerprint density at radius 3 is 2.39 bits per heavy atom. The standard InChI is InChI=1S/C13H14FNO3/c1-8(12(16)15-9(2)13(17)18)7-10-3-5-11(14)6-4-10/h3-7,9H,1-2H3,(H,15,16)(H,17,18)/b8-7+. The van der Waals surface area contributed by atoms with E-state index in [1.165, 1.54) is 31.2 Å². The zero-order chi connectivity index (χ0) is 13.7. The van der Waals surface area contributed by atoms with Gasteiger partial charge in [-0.2, -0.15) is 0 Å². The number of nitrogens with one attached hydrogen (secondary N) is 1. The van der Waals surface area contributed by atoms with E-state index in [1.54, 1.807) is 13.0 Å². The Balaban J connectivity index is 2.74. The van der Waals surface area contributed by atoms with Gasteiger partial charge in [0.1, 0.15) is 11.9 Å². The Labute approximate surface area is 104 Å². The van der Waals surface area contributed by atoms with Crippen LogP contribution >= 0.6 is 0 Å². The van der Waals surface area contributed by atoms with Crippen LogP contribution in [-0.2, 0) is 9.59 Å². The van der Waals surface area contributed by atoms with Crippen molar-refractivity contribution in [2.24, 2.45) is 0 Å². The third kappa shape index (κ3) is 4.01. The summed E-state index contributed by atoms with van der Waals surface area (Å²) in [5.74, 6) is -1.92. The SMILES string of the molecule is C/C(=C\c1ccc(F)cc1)C(=O)NC(C)C(=O)O. The monoisotopic (exact) mass is 251 g/mol. The first-order chi connectivity index (χ1) is 8.40. The highest BCUT2D eigenvalue weighted by Gasteiger charge is 2.14. The van der Waals surface area contributed by atoms with Crippen molar-refractivity contribution in [1.82, 2.24) is 5.32 Å². The van der Waals surface area contributed by atoms with Crippen LogP contribution in [0.3, 0.4) is 0 Å². The number of carbonyl (C=O) groups is 2. The molecule has 0 fully saturated rings. The van der Waals surface area contributed by atoms with Gasteiger partial charge in [0.05, 0.1) is 0 Å². The molecule has 5 heteroatoms. The molecule has 0 aliphatic carbocycles. The minimum absolute atomic E-state index is 0.353. The molecule has 0 aromatic heterocycles. The summed E-state index contributed by atoms with van der Waals surface area (Å²) in [7, 11) is 0. The Kier molecular flexibility index (Phi) is 4.59. The number of carboxylic acid groups (broad SMARTS) is 1. The summed E-state index contributed by atoms with van der Waals surface area (Å²) in [6.07, 6.45) is 1.56. The highest BCUT2D eigenvalue weighted by Crippen LogP contribution is 2.08. The van der Waals surface area contributed by atoms with Crippen LogP contribution in [0.5, 0.6) is 0 Å². The van der Waals surface area contributed by atoms with Crippen LogP contribution in [-0.4, -0.2) is 23.0 Å². The van der Waals surface area contributed by atoms with Gasteiger partial charge in [0.15, 0.2) is 0 Å². The number of carboxylic acids is 1. The van der Waals surface area contributed by atoms with Crippen LogP contribution in [0.4, 0.5) is 4.39 Å². The first-order valence-corrected chi connectivity index (χ1v) is 5.37. The van der Waals surface area contributed by atoms with Gasteiger partial charge in [-0.05, 0) is 37.6 Å². The number of hydrogen-bond donors (Lipinski definition) is 2. The van der Waals surface area contributed by atoms with Gasteiger partial charge in [-0.15, -0.1) is 0 Å². The molecule has 1 aromatic rings. The van der Waals surface area contributed by atoms with E-state index < -0.39 is 17.9 Å². The van der Waals surface area contributed by atoms with Gasteiger partial charge in [0.2, 0.25) is 5.91 Å². The molecule has 1 unspecified atom stereocenters. The van der Waals surface area contributed by atoms with Crippen molar-refractivity contribution in [3.63, 3.8) is 0 Å². The lowest BCUT2D eigenvalue weighted by Crippen LogP contribution is -2.38. The van der Waals surface area contributed by atoms with E-state index in [-0.39, 0.29) is 5.82 Å². The van der Waals surface area contributed by atoms with E-state index in [1.807, 2.05) is 0 Å². The summed E-state index contributed by atoms with van der Waals surface area (Å²) in [4.78, 5) is 22.2. The summed E-state index contributed by atoms with van der Waals surface area (Å²) < 4.78 is 12.7. The predicted molar refractivity (Wildman–Crippen MR) is 65.3 cm³/mol. The van der Waals surface area contributed by atoms with Gasteiger partial charge in [-0.25, -0.2) is 4.39 Å². The maximum atomic E-state index is 12.7. The second-order valence-electron chi connectivity index (χ2n) is 3.91. The van der Waals surface area contributed by atoms with Gasteiger partial charge in [0, 0.05) is 5.57 Å². The predicted octanol–water partition coefficient (Wildman–Crippen LogP) is 1.82. The Hall–Kier alpha value is -2.17. The number of benzene rings is 1. The molecule has 0 aliphatic heterocycles. The Bertz CT molecular complexity index is 480. The third-order valence-corrected chi connectivity index (χ3v) is 2.33. The first kappa shape index (κ1) is 13.9. The van der Waals surface area contributed by atoms with Crippen molar-refractivity contribution in [2.45, 2.75) is 19.9 Å². The minimum atomic E-state index is -1.10. The van der Waals surface area contributed by atoms with Crippen molar-refractivity contribution in [3.8, 4) is 0 Å². The lowest BCUT2D eigenvalue weighted by Gasteiger charge is -2.09. The van der Waals surface area contributed by atoms with Crippen LogP contribution in [0, 0.1) is 5.82 Å². The number of hydrogen-bond acceptors (Lipinski definition) is 2. The van der Waals surface area contributed by atoms with E-state index >= 15 is 0 Å². The highest BCUT2D eigenvalue weighted by molar-refractivity contribution is 5.99. The maximum Gasteiger partial charge on any atom is 0.325 e. The van der Waals surface area contributed by atoms with E-state index in [9.17, 15) is 14.0 Å². The third-order valence-electron chi connectivity index (χ3n) is 2.33. The second-order valence-corrected chi connectivity index (χ2v) is 3.91. The van der Waals surface area contributed by atoms with E-state index in [4.69, 9.17) is 5.11 Å². The smallest absolute Gasteiger partial charge is 0.325 e. The Morgan fingerprint density at radius 1 is 1.33 bits per heavy atom. The molecule has 0 saturated carbocycles. The van der Waals surface area contributed by atoms with Gasteiger partial charge in [0.25, 0.3) is 0 Å². The van der Waals surface area contributed by atoms with Crippen molar-refractivity contribution in [1.29, 1.82) is 0 Å². The normalized spacial score (nSPS) is 12.9. The second kappa shape index (κ2) is 5.95. The van der Waals surface area contributed by atoms with Gasteiger partial charge in [-0.1, -0.05) is 12.1 Å². The molecule has 18 heavy (non-hydrogen) atoms. The molecular weight excluding hydrogens is 237 g/mol. The molecule has 1 amide bonds. The molecule has 0 saturated heterocycles. The van der Waals surface area contributed by atoms with E-state index in [0.717, 1.165) is 0 Å². The number of carbonyl (C=O) groups excluding carboxylic acids is 1. The number of amides is 1. The zero-order valence-corrected chi connectivity index (χ0v) is 10.1. The number of rotatable bonds is 4. The van der Waals surface area contributed by atoms with Gasteiger partial charge >= 0.3 is 5.97 Å². The quantitative estimate of drug-likeness (QED) is 0.802. The average molecular weight is 251 g/mol. The van der Waals surface area contributed by atoms with Crippen molar-refractivity contribution < 1.29 is 19.1 Å². The molecule has 1 atom stereocenters. The fourth-order valence-corrected chi connectivity index (χ4v) is 1.25. The van der Waals surface area contributed by atoms with Crippen LogP contribution in [0.1, 0.15) is 19.4 Å². The summed E-state index contributed by atoms with van der Waals surface area (Å²) >= 11 is 0. The lowest BCUT2D eigenvalue weighted by molar-refractivity contribution is -0.140. The number of aliphatic carboxylic acids is 1. The summed E-state index contributed by atoms with van der Waals surface area (Å²) in [6.45, 7) is 2.94. The fourth-order valence-electron chi connectivity index (χ4n) is 1.25. The fraction of sp³-hybridized carbons (Fsp3) is 0.231. The van der Waals surface area contributed by atoms with Crippen LogP contribution < -0.4 is 5.32 Å². The van der Waals surface area contributed by atoms with E-state index in [0.29, 0.717) is 11.1 Å². The summed E-state index contributed by atoms with van der Waals surface area (Å²) in [5.41, 5.74) is 1.03. The highest BCUT2D eigenvalue weighted by atomic mass is 19.1. The van der Waals surface area contributed by atoms with Crippen LogP contribution in [0.25, 0.3) is 6.08 Å². The van der Waals surface area contributed by atoms with Crippen molar-refractivity contribution in [3.05, 3.63) is 41.2 Å². The topological polar surface area (TPSA) is 66.4 Å². The molecule has 96 valence electrons. The number of halogens is 1. The van der Waals surface area contributed by atoms with Crippen molar-refractivity contribution in [2.75, 3.05) is 0 Å². The lowest BCUT2D eigenvalue weighted by atomic mass is 10.1. The zero-order valence-electron chi connectivity index (χ0n) is 10.1. The summed E-state index contributed by atoms with van der Waals surface area (Å²) in [5, 5.41) is 11.0. The molecule has 1 aromatic carbocycles. The summed E-state index contributed by atoms with van der Waals surface area (Å²) in [6, 6.07) is 4.70. The first-order valence-electron chi connectivity index (χ1n) is 5.37. The molecule has 0 bridgehead atoms. The average Bonchev–Trinajstić information content (AvgIpc) is 2.31. The van der Waals surface area contributed by atoms with Crippen LogP contribution in [0.2, 0.25) is 0 Å². The Morgan fingerprint density at radius 2 is 1.89 bits per heavy atom. The molecule has 2 N–H and O–H groups in total. The molecule has 1 rings (SSSR count). The largest absolute Gasteiger partial charge is 0.480 e. The van der Waals surface area contributed by atoms with E-state index in [2.05, 4.69) is 5.32 Å².